The number of amides is 3. The Labute approximate surface area is 486 Å². The molecule has 0 aromatic heterocycles. The smallest absolute Gasteiger partial charge is 0.224 e. The zero-order chi connectivity index (χ0) is 56.5. The maximum atomic E-state index is 13.2. The summed E-state index contributed by atoms with van der Waals surface area (Å²) < 4.78 is 11.8. The molecule has 6 aliphatic heterocycles. The number of thioether (sulfide) groups is 1. The Morgan fingerprint density at radius 2 is 1.02 bits per heavy atom. The molecule has 3 atom stereocenters. The SMILES string of the molecule is CCC1CCN(CCC(=O)N2CCOc3ccc(C)cc3C2)CC1.CCC1CCN(CCC(=O)N2Cc3cc(C)ccc3O[C@H](C)C2)CC1.Cc1ccc2c(c1)CN(C(=O)CCN1CCC(Cc3ccccc3)CC1)[C@@H](C)[C@@H](C)S2. The average molecular weight is 1110 g/mol. The number of hydrogen-bond acceptors (Lipinski definition) is 9. The lowest BCUT2D eigenvalue weighted by Crippen LogP contribution is -2.43. The van der Waals surface area contributed by atoms with Crippen LogP contribution in [0.2, 0.25) is 0 Å². The van der Waals surface area contributed by atoms with Crippen LogP contribution in [-0.4, -0.2) is 143 Å². The van der Waals surface area contributed by atoms with Gasteiger partial charge >= 0.3 is 0 Å². The highest BCUT2D eigenvalue weighted by atomic mass is 32.2. The molecule has 0 N–H and O–H groups in total. The van der Waals surface area contributed by atoms with E-state index in [9.17, 15) is 14.4 Å². The van der Waals surface area contributed by atoms with E-state index in [2.05, 4.69) is 141 Å². The van der Waals surface area contributed by atoms with Gasteiger partial charge in [-0.3, -0.25) is 14.4 Å². The van der Waals surface area contributed by atoms with Crippen LogP contribution < -0.4 is 9.47 Å². The van der Waals surface area contributed by atoms with E-state index in [0.717, 1.165) is 106 Å². The van der Waals surface area contributed by atoms with E-state index in [0.29, 0.717) is 63.2 Å². The fourth-order valence-electron chi connectivity index (χ4n) is 12.7. The van der Waals surface area contributed by atoms with Crippen LogP contribution in [0.1, 0.15) is 144 Å². The number of benzene rings is 4. The van der Waals surface area contributed by atoms with Crippen LogP contribution >= 0.6 is 11.8 Å². The van der Waals surface area contributed by atoms with Crippen LogP contribution in [0.4, 0.5) is 0 Å². The van der Waals surface area contributed by atoms with Crippen LogP contribution in [-0.2, 0) is 40.4 Å². The van der Waals surface area contributed by atoms with Gasteiger partial charge < -0.3 is 38.9 Å². The number of likely N-dealkylation sites (tertiary alicyclic amines) is 3. The Kier molecular flexibility index (Phi) is 23.3. The summed E-state index contributed by atoms with van der Waals surface area (Å²) in [4.78, 5) is 53.5. The van der Waals surface area contributed by atoms with Crippen LogP contribution in [0, 0.1) is 38.5 Å². The van der Waals surface area contributed by atoms with E-state index in [1.165, 1.54) is 90.5 Å². The topological polar surface area (TPSA) is 89.1 Å². The Hall–Kier alpha value is -4.88. The number of rotatable bonds is 13. The van der Waals surface area contributed by atoms with Gasteiger partial charge in [-0.25, -0.2) is 0 Å². The number of aryl methyl sites for hydroxylation is 3. The lowest BCUT2D eigenvalue weighted by molar-refractivity contribution is -0.134. The van der Waals surface area contributed by atoms with Crippen molar-refractivity contribution in [2.75, 3.05) is 78.6 Å². The number of carbonyl (C=O) groups excluding carboxylic acids is 3. The largest absolute Gasteiger partial charge is 0.491 e. The molecule has 4 aromatic rings. The minimum Gasteiger partial charge on any atom is -0.491 e. The summed E-state index contributed by atoms with van der Waals surface area (Å²) >= 11 is 1.91. The highest BCUT2D eigenvalue weighted by Crippen LogP contribution is 2.36. The lowest BCUT2D eigenvalue weighted by Gasteiger charge is -2.34. The number of nitrogens with zero attached hydrogens (tertiary/aromatic N) is 6. The molecular weight excluding hydrogens is 1010 g/mol. The highest BCUT2D eigenvalue weighted by Gasteiger charge is 2.31. The minimum absolute atomic E-state index is 0.0354. The summed E-state index contributed by atoms with van der Waals surface area (Å²) in [5.41, 5.74) is 8.71. The standard InChI is InChI=1S/C27H36N2OS.C21H32N2O2.C20H30N2O2/c1-20-9-10-26-25(17-20)19-29(21(2)22(3)31-26)27(30)13-16-28-14-11-24(12-15-28)18-23-7-5-4-6-8-23;1-4-18-7-10-22(11-8-18)12-9-21(24)23-14-17(3)25-20-6-5-16(2)13-19(20)15-23;1-3-17-6-9-21(10-7-17)11-8-20(23)22-12-13-24-19-5-4-16(2)14-18(19)15-22/h4-10,17,21-22,24H,11-16,18-19H2,1-3H3;5-6,13,17-18H,4,7-12,14-15H2,1-3H3;4-5,14,17H,3,6-13,15H2,1-2H3/t21-,22+;17-;/m01./s1. The van der Waals surface area contributed by atoms with Crippen LogP contribution in [0.25, 0.3) is 0 Å². The van der Waals surface area contributed by atoms with Crippen LogP contribution in [0.5, 0.6) is 11.5 Å². The zero-order valence-corrected chi connectivity index (χ0v) is 51.1. The van der Waals surface area contributed by atoms with Crippen molar-refractivity contribution in [3.05, 3.63) is 124 Å². The summed E-state index contributed by atoms with van der Waals surface area (Å²) in [6.45, 7) is 30.9. The van der Waals surface area contributed by atoms with Gasteiger partial charge in [0.2, 0.25) is 17.7 Å². The van der Waals surface area contributed by atoms with Crippen molar-refractivity contribution in [1.82, 2.24) is 29.4 Å². The predicted octanol–water partition coefficient (Wildman–Crippen LogP) is 12.4. The fraction of sp³-hybridized carbons (Fsp3) is 0.603. The molecule has 0 saturated carbocycles. The molecule has 12 heteroatoms. The first-order valence-corrected chi connectivity index (χ1v) is 31.9. The van der Waals surface area contributed by atoms with E-state index < -0.39 is 0 Å². The van der Waals surface area contributed by atoms with Crippen LogP contribution in [0.3, 0.4) is 0 Å². The van der Waals surface area contributed by atoms with Gasteiger partial charge in [0.15, 0.2) is 0 Å². The van der Waals surface area contributed by atoms with Crippen molar-refractivity contribution in [3.8, 4) is 11.5 Å². The van der Waals surface area contributed by atoms with Crippen molar-refractivity contribution in [2.45, 2.75) is 174 Å². The van der Waals surface area contributed by atoms with Crippen molar-refractivity contribution < 1.29 is 23.9 Å². The first kappa shape index (κ1) is 61.2. The summed E-state index contributed by atoms with van der Waals surface area (Å²) in [7, 11) is 0. The third kappa shape index (κ3) is 18.1. The van der Waals surface area contributed by atoms with Gasteiger partial charge in [-0.05, 0) is 166 Å². The van der Waals surface area contributed by atoms with Gasteiger partial charge in [-0.1, -0.05) is 117 Å². The molecule has 3 saturated heterocycles. The molecule has 3 amide bonds. The molecule has 3 fully saturated rings. The second-order valence-electron chi connectivity index (χ2n) is 24.4. The van der Waals surface area contributed by atoms with Crippen molar-refractivity contribution >= 4 is 29.5 Å². The molecule has 6 heterocycles. The van der Waals surface area contributed by atoms with E-state index >= 15 is 0 Å². The minimum atomic E-state index is 0.0354. The third-order valence-corrected chi connectivity index (χ3v) is 19.6. The van der Waals surface area contributed by atoms with E-state index in [4.69, 9.17) is 9.47 Å². The van der Waals surface area contributed by atoms with Crippen LogP contribution in [0.15, 0.2) is 89.8 Å². The molecule has 0 unspecified atom stereocenters. The first-order chi connectivity index (χ1) is 38.7. The molecule has 10 rings (SSSR count). The maximum absolute atomic E-state index is 13.2. The average Bonchev–Trinajstić information content (AvgIpc) is 3.85. The number of carbonyl (C=O) groups is 3. The molecule has 0 aliphatic carbocycles. The second kappa shape index (κ2) is 30.4. The number of hydrogen-bond donors (Lipinski definition) is 0. The van der Waals surface area contributed by atoms with E-state index in [-0.39, 0.29) is 24.0 Å². The Morgan fingerprint density at radius 3 is 1.60 bits per heavy atom. The Morgan fingerprint density at radius 1 is 0.537 bits per heavy atom. The Balaban J connectivity index is 0.000000159. The number of piperidine rings is 3. The molecule has 0 radical (unpaired) electrons. The van der Waals surface area contributed by atoms with Gasteiger partial charge in [0.05, 0.1) is 13.1 Å². The van der Waals surface area contributed by atoms with Crippen molar-refractivity contribution in [1.29, 1.82) is 0 Å². The van der Waals surface area contributed by atoms with Gasteiger partial charge in [0.1, 0.15) is 24.2 Å². The van der Waals surface area contributed by atoms with Gasteiger partial charge in [-0.15, -0.1) is 11.8 Å². The van der Waals surface area contributed by atoms with Gasteiger partial charge in [0, 0.05) is 85.8 Å². The summed E-state index contributed by atoms with van der Waals surface area (Å²) in [6, 6.07) is 30.2. The molecule has 4 aromatic carbocycles. The monoisotopic (exact) mass is 1110 g/mol. The molecular formula is C68H98N6O5S. The van der Waals surface area contributed by atoms with E-state index in [1.807, 2.05) is 40.6 Å². The maximum Gasteiger partial charge on any atom is 0.224 e. The first-order valence-electron chi connectivity index (χ1n) is 31.0. The molecule has 0 spiro atoms. The lowest BCUT2D eigenvalue weighted by atomic mass is 9.90. The summed E-state index contributed by atoms with van der Waals surface area (Å²) in [6.07, 6.45) is 13.3. The van der Waals surface area contributed by atoms with Crippen molar-refractivity contribution in [3.63, 3.8) is 0 Å². The number of ether oxygens (including phenoxy) is 2. The van der Waals surface area contributed by atoms with Gasteiger partial charge in [0.25, 0.3) is 0 Å². The summed E-state index contributed by atoms with van der Waals surface area (Å²) in [5.74, 6) is 5.22. The third-order valence-electron chi connectivity index (χ3n) is 18.2. The molecule has 11 nitrogen and oxygen atoms in total. The summed E-state index contributed by atoms with van der Waals surface area (Å²) in [5, 5.41) is 0.404. The zero-order valence-electron chi connectivity index (χ0n) is 50.3. The predicted molar refractivity (Wildman–Crippen MR) is 327 cm³/mol. The second-order valence-corrected chi connectivity index (χ2v) is 25.8. The van der Waals surface area contributed by atoms with Gasteiger partial charge in [-0.2, -0.15) is 0 Å². The quantitative estimate of drug-likeness (QED) is 0.130. The van der Waals surface area contributed by atoms with Crippen molar-refractivity contribution in [2.24, 2.45) is 17.8 Å². The fourth-order valence-corrected chi connectivity index (χ4v) is 13.8. The molecule has 80 heavy (non-hydrogen) atoms. The normalized spacial score (nSPS) is 21.6. The van der Waals surface area contributed by atoms with E-state index in [1.54, 1.807) is 0 Å². The molecule has 436 valence electrons. The number of fused-ring (bicyclic) bond motifs is 3. The Bertz CT molecular complexity index is 2590. The molecule has 0 bridgehead atoms. The highest BCUT2D eigenvalue weighted by molar-refractivity contribution is 8.00. The molecule has 6 aliphatic rings.